The normalized spacial score (nSPS) is 13.8. The smallest absolute Gasteiger partial charge is 0.241 e. The van der Waals surface area contributed by atoms with E-state index in [1.807, 2.05) is 50.2 Å². The van der Waals surface area contributed by atoms with Crippen LogP contribution in [0.1, 0.15) is 40.0 Å². The molecule has 0 radical (unpaired) electrons. The quantitative estimate of drug-likeness (QED) is 0.737. The molecule has 26 heavy (non-hydrogen) atoms. The van der Waals surface area contributed by atoms with E-state index in [2.05, 4.69) is 4.72 Å². The highest BCUT2D eigenvalue weighted by atomic mass is 32.2. The Bertz CT molecular complexity index is 855. The van der Waals surface area contributed by atoms with Crippen molar-refractivity contribution in [2.45, 2.75) is 56.6 Å². The van der Waals surface area contributed by atoms with Crippen molar-refractivity contribution in [1.29, 1.82) is 0 Å². The fourth-order valence-electron chi connectivity index (χ4n) is 3.12. The standard InChI is InChI=1S/C20H30N2O3S/c1-15(9-8-14-20(2,3)23)21-26(24,25)19-13-7-10-16-17(19)11-6-12-18(16)22(4)5/h6-7,10-13,15,21,23H,8-9,14H2,1-5H3. The number of fused-ring (bicyclic) bond motifs is 1. The minimum atomic E-state index is -3.63. The van der Waals surface area contributed by atoms with Crippen LogP contribution >= 0.6 is 0 Å². The monoisotopic (exact) mass is 378 g/mol. The van der Waals surface area contributed by atoms with E-state index in [1.165, 1.54) is 0 Å². The van der Waals surface area contributed by atoms with Crippen LogP contribution in [0.15, 0.2) is 41.3 Å². The zero-order chi connectivity index (χ0) is 19.5. The van der Waals surface area contributed by atoms with E-state index in [4.69, 9.17) is 0 Å². The Morgan fingerprint density at radius 1 is 1.12 bits per heavy atom. The first-order valence-electron chi connectivity index (χ1n) is 8.95. The van der Waals surface area contributed by atoms with Gasteiger partial charge in [-0.3, -0.25) is 0 Å². The first kappa shape index (κ1) is 20.7. The summed E-state index contributed by atoms with van der Waals surface area (Å²) in [4.78, 5) is 2.28. The van der Waals surface area contributed by atoms with Gasteiger partial charge >= 0.3 is 0 Å². The van der Waals surface area contributed by atoms with Gasteiger partial charge in [0.1, 0.15) is 0 Å². The first-order chi connectivity index (χ1) is 12.0. The Balaban J connectivity index is 2.25. The number of rotatable bonds is 8. The topological polar surface area (TPSA) is 69.6 Å². The second-order valence-corrected chi connectivity index (χ2v) is 9.43. The summed E-state index contributed by atoms with van der Waals surface area (Å²) in [6.07, 6.45) is 2.07. The lowest BCUT2D eigenvalue weighted by molar-refractivity contribution is 0.0677. The van der Waals surface area contributed by atoms with Crippen molar-refractivity contribution < 1.29 is 13.5 Å². The number of aliphatic hydroxyl groups is 1. The molecule has 0 saturated carbocycles. The van der Waals surface area contributed by atoms with Gasteiger partial charge in [0.05, 0.1) is 10.5 Å². The van der Waals surface area contributed by atoms with Crippen molar-refractivity contribution in [1.82, 2.24) is 4.72 Å². The van der Waals surface area contributed by atoms with Crippen LogP contribution in [0.3, 0.4) is 0 Å². The molecule has 2 aromatic rings. The van der Waals surface area contributed by atoms with E-state index < -0.39 is 15.6 Å². The Morgan fingerprint density at radius 3 is 2.35 bits per heavy atom. The van der Waals surface area contributed by atoms with Gasteiger partial charge in [0, 0.05) is 36.6 Å². The molecule has 6 heteroatoms. The fraction of sp³-hybridized carbons (Fsp3) is 0.500. The van der Waals surface area contributed by atoms with Crippen LogP contribution in [0.2, 0.25) is 0 Å². The van der Waals surface area contributed by atoms with Crippen LogP contribution < -0.4 is 9.62 Å². The lowest BCUT2D eigenvalue weighted by Crippen LogP contribution is -2.33. The van der Waals surface area contributed by atoms with Gasteiger partial charge in [0.15, 0.2) is 0 Å². The number of nitrogens with one attached hydrogen (secondary N) is 1. The zero-order valence-electron chi connectivity index (χ0n) is 16.3. The van der Waals surface area contributed by atoms with Crippen LogP contribution in [0.25, 0.3) is 10.8 Å². The summed E-state index contributed by atoms with van der Waals surface area (Å²) in [6, 6.07) is 10.9. The van der Waals surface area contributed by atoms with Gasteiger partial charge in [-0.05, 0) is 52.2 Å². The van der Waals surface area contributed by atoms with E-state index in [-0.39, 0.29) is 6.04 Å². The second kappa shape index (κ2) is 7.94. The Hall–Kier alpha value is -1.63. The fourth-order valence-corrected chi connectivity index (χ4v) is 4.62. The lowest BCUT2D eigenvalue weighted by atomic mass is 10.00. The summed E-state index contributed by atoms with van der Waals surface area (Å²) < 4.78 is 28.6. The van der Waals surface area contributed by atoms with Crippen LogP contribution in [0.5, 0.6) is 0 Å². The third kappa shape index (κ3) is 5.19. The lowest BCUT2D eigenvalue weighted by Gasteiger charge is -2.20. The molecule has 0 amide bonds. The number of hydrogen-bond acceptors (Lipinski definition) is 4. The second-order valence-electron chi connectivity index (χ2n) is 7.75. The Morgan fingerprint density at radius 2 is 1.73 bits per heavy atom. The molecule has 2 N–H and O–H groups in total. The molecule has 2 rings (SSSR count). The van der Waals surface area contributed by atoms with Crippen molar-refractivity contribution in [3.63, 3.8) is 0 Å². The molecule has 0 heterocycles. The van der Waals surface area contributed by atoms with Crippen LogP contribution in [0.4, 0.5) is 5.69 Å². The van der Waals surface area contributed by atoms with Crippen molar-refractivity contribution in [2.24, 2.45) is 0 Å². The van der Waals surface area contributed by atoms with Crippen molar-refractivity contribution >= 4 is 26.5 Å². The van der Waals surface area contributed by atoms with Gasteiger partial charge < -0.3 is 10.0 Å². The van der Waals surface area contributed by atoms with Gasteiger partial charge in [-0.2, -0.15) is 0 Å². The minimum Gasteiger partial charge on any atom is -0.390 e. The maximum Gasteiger partial charge on any atom is 0.241 e. The number of nitrogens with zero attached hydrogens (tertiary/aromatic N) is 1. The number of benzene rings is 2. The van der Waals surface area contributed by atoms with Crippen molar-refractivity contribution in [3.8, 4) is 0 Å². The van der Waals surface area contributed by atoms with E-state index in [9.17, 15) is 13.5 Å². The zero-order valence-corrected chi connectivity index (χ0v) is 17.1. The first-order valence-corrected chi connectivity index (χ1v) is 10.4. The van der Waals surface area contributed by atoms with Gasteiger partial charge in [-0.25, -0.2) is 13.1 Å². The molecule has 1 unspecified atom stereocenters. The highest BCUT2D eigenvalue weighted by molar-refractivity contribution is 7.89. The van der Waals surface area contributed by atoms with Crippen molar-refractivity contribution in [3.05, 3.63) is 36.4 Å². The predicted octanol–water partition coefficient (Wildman–Crippen LogP) is 3.51. The molecular formula is C20H30N2O3S. The number of sulfonamides is 1. The van der Waals surface area contributed by atoms with Gasteiger partial charge in [-0.1, -0.05) is 24.3 Å². The largest absolute Gasteiger partial charge is 0.390 e. The molecule has 0 bridgehead atoms. The van der Waals surface area contributed by atoms with E-state index >= 15 is 0 Å². The molecule has 0 fully saturated rings. The molecule has 0 saturated heterocycles. The SMILES string of the molecule is CC(CCCC(C)(C)O)NS(=O)(=O)c1cccc2c(N(C)C)cccc12. The average molecular weight is 379 g/mol. The van der Waals surface area contributed by atoms with Crippen LogP contribution in [-0.2, 0) is 10.0 Å². The summed E-state index contributed by atoms with van der Waals surface area (Å²) in [6.45, 7) is 5.39. The molecule has 144 valence electrons. The van der Waals surface area contributed by atoms with E-state index in [1.54, 1.807) is 26.0 Å². The summed E-state index contributed by atoms with van der Waals surface area (Å²) in [5, 5.41) is 11.4. The summed E-state index contributed by atoms with van der Waals surface area (Å²) in [5.41, 5.74) is 0.259. The van der Waals surface area contributed by atoms with Gasteiger partial charge in [-0.15, -0.1) is 0 Å². The Kier molecular flexibility index (Phi) is 6.32. The number of anilines is 1. The molecule has 0 spiro atoms. The molecule has 0 aliphatic carbocycles. The molecule has 1 atom stereocenters. The molecule has 0 aliphatic rings. The maximum absolute atomic E-state index is 12.9. The third-order valence-corrected chi connectivity index (χ3v) is 6.06. The summed E-state index contributed by atoms with van der Waals surface area (Å²) in [7, 11) is 0.261. The summed E-state index contributed by atoms with van der Waals surface area (Å²) >= 11 is 0. The summed E-state index contributed by atoms with van der Waals surface area (Å²) in [5.74, 6) is 0. The minimum absolute atomic E-state index is 0.199. The van der Waals surface area contributed by atoms with Gasteiger partial charge in [0.25, 0.3) is 0 Å². The molecular weight excluding hydrogens is 348 g/mol. The highest BCUT2D eigenvalue weighted by Gasteiger charge is 2.21. The number of hydrogen-bond donors (Lipinski definition) is 2. The predicted molar refractivity (Wildman–Crippen MR) is 108 cm³/mol. The average Bonchev–Trinajstić information content (AvgIpc) is 2.51. The van der Waals surface area contributed by atoms with E-state index in [0.29, 0.717) is 17.7 Å². The van der Waals surface area contributed by atoms with E-state index in [0.717, 1.165) is 22.9 Å². The van der Waals surface area contributed by atoms with Crippen LogP contribution in [-0.4, -0.2) is 39.3 Å². The maximum atomic E-state index is 12.9. The van der Waals surface area contributed by atoms with Crippen LogP contribution in [0, 0.1) is 0 Å². The third-order valence-electron chi connectivity index (χ3n) is 4.41. The molecule has 0 aliphatic heterocycles. The molecule has 5 nitrogen and oxygen atoms in total. The van der Waals surface area contributed by atoms with Gasteiger partial charge in [0.2, 0.25) is 10.0 Å². The molecule has 0 aromatic heterocycles. The van der Waals surface area contributed by atoms with Crippen molar-refractivity contribution in [2.75, 3.05) is 19.0 Å². The Labute approximate surface area is 157 Å². The highest BCUT2D eigenvalue weighted by Crippen LogP contribution is 2.30. The molecule has 2 aromatic carbocycles.